The molecule has 1 aromatic carbocycles. The van der Waals surface area contributed by atoms with Crippen molar-refractivity contribution in [3.63, 3.8) is 0 Å². The molecule has 2 aromatic heterocycles. The first kappa shape index (κ1) is 28.3. The summed E-state index contributed by atoms with van der Waals surface area (Å²) in [4.78, 5) is 42.9. The van der Waals surface area contributed by atoms with Gasteiger partial charge in [-0.2, -0.15) is 4.98 Å². The molecule has 1 aliphatic heterocycles. The molecule has 2 atom stereocenters. The lowest BCUT2D eigenvalue weighted by Gasteiger charge is -2.30. The minimum absolute atomic E-state index is 0.0340. The maximum absolute atomic E-state index is 13.7. The largest absolute Gasteiger partial charge is 0.479 e. The van der Waals surface area contributed by atoms with Gasteiger partial charge in [0, 0.05) is 38.1 Å². The summed E-state index contributed by atoms with van der Waals surface area (Å²) >= 11 is 12.4. The van der Waals surface area contributed by atoms with Crippen LogP contribution in [0, 0.1) is 17.2 Å². The van der Waals surface area contributed by atoms with Crippen molar-refractivity contribution >= 4 is 57.9 Å². The molecule has 12 heteroatoms. The molecule has 10 nitrogen and oxygen atoms in total. The second-order valence-corrected chi connectivity index (χ2v) is 10.5. The van der Waals surface area contributed by atoms with E-state index in [-0.39, 0.29) is 28.1 Å². The summed E-state index contributed by atoms with van der Waals surface area (Å²) < 4.78 is 6.81. The number of ether oxygens (including phenoxy) is 1. The first-order chi connectivity index (χ1) is 18.4. The number of aromatic nitrogens is 3. The van der Waals surface area contributed by atoms with Gasteiger partial charge in [-0.05, 0) is 29.7 Å². The molecule has 1 fully saturated rings. The van der Waals surface area contributed by atoms with E-state index in [0.717, 1.165) is 5.56 Å². The highest BCUT2D eigenvalue weighted by Crippen LogP contribution is 2.43. The summed E-state index contributed by atoms with van der Waals surface area (Å²) in [7, 11) is 6.70. The van der Waals surface area contributed by atoms with Crippen molar-refractivity contribution in [2.24, 2.45) is 23.9 Å². The molecule has 2 unspecified atom stereocenters. The molecule has 4 rings (SSSR count). The number of rotatable bonds is 7. The van der Waals surface area contributed by atoms with Gasteiger partial charge in [0.15, 0.2) is 0 Å². The second kappa shape index (κ2) is 11.2. The Bertz CT molecular complexity index is 1490. The van der Waals surface area contributed by atoms with Crippen LogP contribution >= 0.6 is 23.2 Å². The Morgan fingerprint density at radius 1 is 1.18 bits per heavy atom. The number of aryl methyl sites for hydroxylation is 1. The Hall–Kier alpha value is -3.76. The van der Waals surface area contributed by atoms with Crippen molar-refractivity contribution in [3.8, 4) is 5.88 Å². The molecule has 0 bridgehead atoms. The van der Waals surface area contributed by atoms with Crippen molar-refractivity contribution in [2.45, 2.75) is 19.9 Å². The van der Waals surface area contributed by atoms with Crippen molar-refractivity contribution in [1.29, 1.82) is 5.41 Å². The van der Waals surface area contributed by atoms with Gasteiger partial charge in [-0.25, -0.2) is 9.98 Å². The summed E-state index contributed by atoms with van der Waals surface area (Å²) in [5, 5.41) is 9.47. The van der Waals surface area contributed by atoms with E-state index < -0.39 is 17.9 Å². The minimum Gasteiger partial charge on any atom is -0.479 e. The predicted molar refractivity (Wildman–Crippen MR) is 154 cm³/mol. The van der Waals surface area contributed by atoms with Crippen LogP contribution in [0.2, 0.25) is 10.0 Å². The summed E-state index contributed by atoms with van der Waals surface area (Å²) in [5.41, 5.74) is 1.55. The fourth-order valence-corrected chi connectivity index (χ4v) is 4.93. The quantitative estimate of drug-likeness (QED) is 0.412. The number of hydrogen-bond donors (Lipinski definition) is 1. The fraction of sp³-hybridized carbons (Fsp3) is 0.333. The average molecular weight is 570 g/mol. The highest BCUT2D eigenvalue weighted by molar-refractivity contribution is 6.49. The second-order valence-electron chi connectivity index (χ2n) is 9.68. The molecular formula is C27H29Cl2N7O3. The number of amides is 1. The lowest BCUT2D eigenvalue weighted by atomic mass is 9.83. The zero-order valence-corrected chi connectivity index (χ0v) is 23.9. The van der Waals surface area contributed by atoms with Crippen LogP contribution in [0.5, 0.6) is 5.88 Å². The van der Waals surface area contributed by atoms with E-state index in [2.05, 4.69) is 9.97 Å². The molecule has 204 valence electrons. The van der Waals surface area contributed by atoms with Crippen LogP contribution in [0.4, 0.5) is 17.3 Å². The highest BCUT2D eigenvalue weighted by Gasteiger charge is 2.49. The van der Waals surface area contributed by atoms with Crippen LogP contribution < -0.4 is 20.1 Å². The summed E-state index contributed by atoms with van der Waals surface area (Å²) in [5.74, 6) is -0.702. The van der Waals surface area contributed by atoms with Crippen molar-refractivity contribution in [3.05, 3.63) is 68.7 Å². The SMILES string of the molecule is COc1nc(N(C)C)ncc1N=C(C(C)C)C1C(=N)C(=O)N(c2cc(Cl)c(=O)n(C)c2)C1c1ccc(Cl)cc1. The number of nitrogens with zero attached hydrogens (tertiary/aromatic N) is 6. The van der Waals surface area contributed by atoms with Crippen LogP contribution in [0.3, 0.4) is 0 Å². The van der Waals surface area contributed by atoms with Gasteiger partial charge in [-0.1, -0.05) is 49.2 Å². The average Bonchev–Trinajstić information content (AvgIpc) is 3.15. The lowest BCUT2D eigenvalue weighted by molar-refractivity contribution is -0.112. The van der Waals surface area contributed by atoms with Gasteiger partial charge in [0.05, 0.1) is 31.0 Å². The van der Waals surface area contributed by atoms with Gasteiger partial charge in [0.25, 0.3) is 11.5 Å². The van der Waals surface area contributed by atoms with E-state index in [1.807, 2.05) is 40.1 Å². The van der Waals surface area contributed by atoms with E-state index in [1.54, 1.807) is 30.3 Å². The molecule has 39 heavy (non-hydrogen) atoms. The molecule has 3 aromatic rings. The minimum atomic E-state index is -0.743. The molecule has 0 aliphatic carbocycles. The number of pyridine rings is 1. The van der Waals surface area contributed by atoms with Crippen LogP contribution in [0.15, 0.2) is 52.5 Å². The highest BCUT2D eigenvalue weighted by atomic mass is 35.5. The number of carbonyl (C=O) groups excluding carboxylic acids is 1. The smallest absolute Gasteiger partial charge is 0.273 e. The fourth-order valence-electron chi connectivity index (χ4n) is 4.56. The van der Waals surface area contributed by atoms with Crippen molar-refractivity contribution in [1.82, 2.24) is 14.5 Å². The maximum atomic E-state index is 13.7. The van der Waals surface area contributed by atoms with Gasteiger partial charge >= 0.3 is 0 Å². The number of carbonyl (C=O) groups is 1. The molecule has 0 saturated carbocycles. The lowest BCUT2D eigenvalue weighted by Crippen LogP contribution is -2.33. The number of hydrogen-bond acceptors (Lipinski definition) is 8. The zero-order chi connectivity index (χ0) is 28.6. The van der Waals surface area contributed by atoms with Crippen LogP contribution in [0.25, 0.3) is 0 Å². The Balaban J connectivity index is 1.94. The van der Waals surface area contributed by atoms with Crippen molar-refractivity contribution < 1.29 is 9.53 Å². The number of nitrogens with one attached hydrogen (secondary N) is 1. The number of benzene rings is 1. The molecular weight excluding hydrogens is 541 g/mol. The third-order valence-electron chi connectivity index (χ3n) is 6.45. The molecule has 3 heterocycles. The number of halogens is 2. The zero-order valence-electron chi connectivity index (χ0n) is 22.4. The number of anilines is 2. The topological polar surface area (TPSA) is 117 Å². The van der Waals surface area contributed by atoms with Gasteiger partial charge in [-0.15, -0.1) is 0 Å². The Morgan fingerprint density at radius 2 is 1.85 bits per heavy atom. The van der Waals surface area contributed by atoms with E-state index in [0.29, 0.717) is 28.1 Å². The van der Waals surface area contributed by atoms with E-state index >= 15 is 0 Å². The summed E-state index contributed by atoms with van der Waals surface area (Å²) in [6.45, 7) is 3.89. The van der Waals surface area contributed by atoms with Gasteiger partial charge in [0.2, 0.25) is 11.8 Å². The summed E-state index contributed by atoms with van der Waals surface area (Å²) in [6, 6.07) is 7.88. The predicted octanol–water partition coefficient (Wildman–Crippen LogP) is 4.71. The van der Waals surface area contributed by atoms with Crippen LogP contribution in [-0.2, 0) is 11.8 Å². The normalized spacial score (nSPS) is 17.8. The van der Waals surface area contributed by atoms with Gasteiger partial charge in [-0.3, -0.25) is 19.9 Å². The molecule has 1 N–H and O–H groups in total. The monoisotopic (exact) mass is 569 g/mol. The molecule has 0 radical (unpaired) electrons. The van der Waals surface area contributed by atoms with Crippen LogP contribution in [0.1, 0.15) is 25.5 Å². The molecule has 1 saturated heterocycles. The van der Waals surface area contributed by atoms with Crippen LogP contribution in [-0.4, -0.2) is 53.1 Å². The molecule has 1 aliphatic rings. The number of methoxy groups -OCH3 is 1. The van der Waals surface area contributed by atoms with E-state index in [4.69, 9.17) is 38.3 Å². The van der Waals surface area contributed by atoms with Gasteiger partial charge in [0.1, 0.15) is 16.4 Å². The summed E-state index contributed by atoms with van der Waals surface area (Å²) in [6.07, 6.45) is 3.10. The third kappa shape index (κ3) is 5.39. The van der Waals surface area contributed by atoms with Gasteiger partial charge < -0.3 is 14.2 Å². The Labute approximate surface area is 236 Å². The van der Waals surface area contributed by atoms with E-state index in [1.165, 1.54) is 28.8 Å². The maximum Gasteiger partial charge on any atom is 0.273 e. The molecule has 0 spiro atoms. The third-order valence-corrected chi connectivity index (χ3v) is 6.97. The number of aliphatic imine (C=N–C) groups is 1. The first-order valence-electron chi connectivity index (χ1n) is 12.1. The van der Waals surface area contributed by atoms with Crippen molar-refractivity contribution in [2.75, 3.05) is 31.0 Å². The Kier molecular flexibility index (Phi) is 8.08. The van der Waals surface area contributed by atoms with E-state index in [9.17, 15) is 9.59 Å². The first-order valence-corrected chi connectivity index (χ1v) is 12.9. The Morgan fingerprint density at radius 3 is 2.41 bits per heavy atom. The molecule has 1 amide bonds. The standard InChI is InChI=1S/C27H29Cl2N7O3/c1-14(2)22(32-19-12-31-27(34(3)4)33-24(19)39-6)20-21(30)26(38)36(17-11-18(29)25(37)35(5)13-17)23(20)15-7-9-16(28)10-8-15/h7-14,20,23,30H,1-6H3.